The Morgan fingerprint density at radius 2 is 1.70 bits per heavy atom. The van der Waals surface area contributed by atoms with E-state index >= 15 is 0 Å². The van der Waals surface area contributed by atoms with Gasteiger partial charge in [-0.2, -0.15) is 0 Å². The van der Waals surface area contributed by atoms with E-state index in [0.29, 0.717) is 51.5 Å². The lowest BCUT2D eigenvalue weighted by Crippen LogP contribution is -2.53. The van der Waals surface area contributed by atoms with Gasteiger partial charge in [0.05, 0.1) is 17.5 Å². The molecule has 1 heterocycles. The normalized spacial score (nSPS) is 15.5. The van der Waals surface area contributed by atoms with Gasteiger partial charge in [0, 0.05) is 45.0 Å². The maximum Gasteiger partial charge on any atom is 0.236 e. The summed E-state index contributed by atoms with van der Waals surface area (Å²) in [5.74, 6) is -0.326. The number of hydrogen-bond acceptors (Lipinski definition) is 5. The van der Waals surface area contributed by atoms with Gasteiger partial charge in [-0.25, -0.2) is 4.39 Å². The number of benzene rings is 1. The largest absolute Gasteiger partial charge is 0.342 e. The summed E-state index contributed by atoms with van der Waals surface area (Å²) in [4.78, 5) is 42.7. The fraction of sp³-hybridized carbons (Fsp3) is 0.571. The molecule has 1 unspecified atom stereocenters. The first-order valence-corrected chi connectivity index (χ1v) is 11.3. The van der Waals surface area contributed by atoms with Crippen LogP contribution in [-0.4, -0.2) is 89.2 Å². The van der Waals surface area contributed by atoms with E-state index in [-0.39, 0.29) is 34.5 Å². The molecule has 166 valence electrons. The lowest BCUT2D eigenvalue weighted by Gasteiger charge is -2.36. The van der Waals surface area contributed by atoms with E-state index in [9.17, 15) is 18.8 Å². The first-order valence-electron chi connectivity index (χ1n) is 10.3. The minimum Gasteiger partial charge on any atom is -0.342 e. The maximum absolute atomic E-state index is 12.9. The zero-order valence-electron chi connectivity index (χ0n) is 17.9. The summed E-state index contributed by atoms with van der Waals surface area (Å²) in [5.41, 5.74) is 0.524. The van der Waals surface area contributed by atoms with Gasteiger partial charge in [0.15, 0.2) is 0 Å². The second-order valence-electron chi connectivity index (χ2n) is 7.18. The van der Waals surface area contributed by atoms with Crippen molar-refractivity contribution in [3.05, 3.63) is 30.1 Å². The molecule has 1 saturated heterocycles. The highest BCUT2D eigenvalue weighted by atomic mass is 32.2. The van der Waals surface area contributed by atoms with Crippen molar-refractivity contribution in [1.82, 2.24) is 14.7 Å². The molecule has 0 radical (unpaired) electrons. The molecule has 0 aliphatic carbocycles. The Balaban J connectivity index is 1.71. The zero-order chi connectivity index (χ0) is 22.1. The van der Waals surface area contributed by atoms with Crippen molar-refractivity contribution in [2.75, 3.05) is 56.9 Å². The molecule has 0 bridgehead atoms. The number of halogens is 1. The van der Waals surface area contributed by atoms with Crippen LogP contribution in [0.25, 0.3) is 0 Å². The molecule has 0 spiro atoms. The lowest BCUT2D eigenvalue weighted by molar-refractivity contribution is -0.134. The Morgan fingerprint density at radius 1 is 1.10 bits per heavy atom. The van der Waals surface area contributed by atoms with E-state index < -0.39 is 0 Å². The van der Waals surface area contributed by atoms with E-state index in [1.165, 1.54) is 36.0 Å². The van der Waals surface area contributed by atoms with E-state index in [1.807, 2.05) is 18.7 Å². The van der Waals surface area contributed by atoms with Crippen LogP contribution in [0.2, 0.25) is 0 Å². The van der Waals surface area contributed by atoms with E-state index in [0.717, 1.165) is 0 Å². The average molecular weight is 439 g/mol. The number of nitrogens with one attached hydrogen (secondary N) is 1. The van der Waals surface area contributed by atoms with Crippen molar-refractivity contribution in [3.8, 4) is 0 Å². The van der Waals surface area contributed by atoms with Crippen LogP contribution >= 0.6 is 11.8 Å². The molecule has 7 nitrogen and oxygen atoms in total. The van der Waals surface area contributed by atoms with E-state index in [1.54, 1.807) is 11.8 Å². The number of thioether (sulfide) groups is 1. The third-order valence-corrected chi connectivity index (χ3v) is 6.23. The Kier molecular flexibility index (Phi) is 9.58. The standard InChI is InChI=1S/C21H31FN4O3S/c1-4-25(5-2)20(28)14-24-10-12-26(13-11-24)21(29)16(3)30-15-19(27)23-18-8-6-17(22)7-9-18/h6-9,16H,4-5,10-15H2,1-3H3,(H,23,27). The highest BCUT2D eigenvalue weighted by Gasteiger charge is 2.27. The maximum atomic E-state index is 12.9. The molecule has 1 aliphatic rings. The second-order valence-corrected chi connectivity index (χ2v) is 8.50. The average Bonchev–Trinajstić information content (AvgIpc) is 2.74. The topological polar surface area (TPSA) is 73.0 Å². The predicted molar refractivity (Wildman–Crippen MR) is 118 cm³/mol. The summed E-state index contributed by atoms with van der Waals surface area (Å²) in [6, 6.07) is 5.56. The molecule has 1 aromatic carbocycles. The number of nitrogens with zero attached hydrogens (tertiary/aromatic N) is 3. The smallest absolute Gasteiger partial charge is 0.236 e. The number of rotatable bonds is 9. The highest BCUT2D eigenvalue weighted by molar-refractivity contribution is 8.01. The van der Waals surface area contributed by atoms with Crippen molar-refractivity contribution < 1.29 is 18.8 Å². The number of likely N-dealkylation sites (N-methyl/N-ethyl adjacent to an activating group) is 1. The van der Waals surface area contributed by atoms with Gasteiger partial charge >= 0.3 is 0 Å². The van der Waals surface area contributed by atoms with Crippen LogP contribution in [0, 0.1) is 5.82 Å². The predicted octanol–water partition coefficient (Wildman–Crippen LogP) is 1.90. The summed E-state index contributed by atoms with van der Waals surface area (Å²) >= 11 is 1.28. The van der Waals surface area contributed by atoms with Gasteiger partial charge in [-0.1, -0.05) is 0 Å². The summed E-state index contributed by atoms with van der Waals surface area (Å²) in [6.07, 6.45) is 0. The van der Waals surface area contributed by atoms with Gasteiger partial charge in [0.1, 0.15) is 5.82 Å². The fourth-order valence-electron chi connectivity index (χ4n) is 3.25. The summed E-state index contributed by atoms with van der Waals surface area (Å²) < 4.78 is 12.9. The molecular weight excluding hydrogens is 407 g/mol. The molecule has 1 atom stereocenters. The van der Waals surface area contributed by atoms with Crippen LogP contribution in [0.3, 0.4) is 0 Å². The summed E-state index contributed by atoms with van der Waals surface area (Å²) in [7, 11) is 0. The minimum atomic E-state index is -0.362. The summed E-state index contributed by atoms with van der Waals surface area (Å²) in [5, 5.41) is 2.35. The third-order valence-electron chi connectivity index (χ3n) is 5.10. The van der Waals surface area contributed by atoms with Crippen LogP contribution in [-0.2, 0) is 14.4 Å². The third kappa shape index (κ3) is 7.28. The van der Waals surface area contributed by atoms with Gasteiger partial charge in [0.25, 0.3) is 0 Å². The molecule has 3 amide bonds. The molecule has 2 rings (SSSR count). The monoisotopic (exact) mass is 438 g/mol. The van der Waals surface area contributed by atoms with Crippen molar-refractivity contribution in [2.45, 2.75) is 26.0 Å². The van der Waals surface area contributed by atoms with E-state index in [2.05, 4.69) is 10.2 Å². The Hall–Kier alpha value is -2.13. The molecule has 0 saturated carbocycles. The van der Waals surface area contributed by atoms with Crippen LogP contribution in [0.15, 0.2) is 24.3 Å². The second kappa shape index (κ2) is 11.9. The molecule has 1 N–H and O–H groups in total. The van der Waals surface area contributed by atoms with Crippen LogP contribution in [0.1, 0.15) is 20.8 Å². The van der Waals surface area contributed by atoms with Crippen LogP contribution in [0.4, 0.5) is 10.1 Å². The number of carbonyl (C=O) groups excluding carboxylic acids is 3. The van der Waals surface area contributed by atoms with Crippen LogP contribution in [0.5, 0.6) is 0 Å². The minimum absolute atomic E-state index is 0.00398. The molecule has 1 aromatic rings. The molecule has 30 heavy (non-hydrogen) atoms. The lowest BCUT2D eigenvalue weighted by atomic mass is 10.2. The molecule has 1 fully saturated rings. The van der Waals surface area contributed by atoms with Crippen molar-refractivity contribution >= 4 is 35.2 Å². The molecular formula is C21H31FN4O3S. The number of amides is 3. The Labute approximate surface area is 182 Å². The quantitative estimate of drug-likeness (QED) is 0.638. The van der Waals surface area contributed by atoms with Crippen LogP contribution < -0.4 is 5.32 Å². The first kappa shape index (κ1) is 24.1. The number of hydrogen-bond donors (Lipinski definition) is 1. The first-order chi connectivity index (χ1) is 14.3. The summed E-state index contributed by atoms with van der Waals surface area (Å²) in [6.45, 7) is 10.0. The zero-order valence-corrected chi connectivity index (χ0v) is 18.7. The number of anilines is 1. The van der Waals surface area contributed by atoms with Gasteiger partial charge in [-0.15, -0.1) is 11.8 Å². The van der Waals surface area contributed by atoms with E-state index in [4.69, 9.17) is 0 Å². The van der Waals surface area contributed by atoms with Gasteiger partial charge in [-0.3, -0.25) is 19.3 Å². The van der Waals surface area contributed by atoms with Gasteiger partial charge in [-0.05, 0) is 45.0 Å². The molecule has 0 aromatic heterocycles. The number of piperazine rings is 1. The fourth-order valence-corrected chi connectivity index (χ4v) is 4.02. The Bertz CT molecular complexity index is 719. The van der Waals surface area contributed by atoms with Crippen molar-refractivity contribution in [1.29, 1.82) is 0 Å². The van der Waals surface area contributed by atoms with Crippen molar-refractivity contribution in [3.63, 3.8) is 0 Å². The van der Waals surface area contributed by atoms with Gasteiger partial charge in [0.2, 0.25) is 17.7 Å². The number of carbonyl (C=O) groups is 3. The van der Waals surface area contributed by atoms with Gasteiger partial charge < -0.3 is 15.1 Å². The highest BCUT2D eigenvalue weighted by Crippen LogP contribution is 2.16. The molecule has 1 aliphatic heterocycles. The SMILES string of the molecule is CCN(CC)C(=O)CN1CCN(C(=O)C(C)SCC(=O)Nc2ccc(F)cc2)CC1. The Morgan fingerprint density at radius 3 is 2.27 bits per heavy atom. The van der Waals surface area contributed by atoms with Crippen molar-refractivity contribution in [2.24, 2.45) is 0 Å². The molecule has 9 heteroatoms.